The van der Waals surface area contributed by atoms with E-state index in [-0.39, 0.29) is 24.0 Å². The minimum Gasteiger partial charge on any atom is -0.481 e. The number of hydrogen-bond donors (Lipinski definition) is 1. The molecule has 6 nitrogen and oxygen atoms in total. The van der Waals surface area contributed by atoms with Crippen LogP contribution in [0.15, 0.2) is 23.3 Å². The van der Waals surface area contributed by atoms with Crippen LogP contribution in [0.25, 0.3) is 0 Å². The maximum absolute atomic E-state index is 5.42. The Morgan fingerprint density at radius 3 is 3.05 bits per heavy atom. The number of rotatable bonds is 5. The minimum absolute atomic E-state index is 0. The molecular weight excluding hydrogens is 395 g/mol. The van der Waals surface area contributed by atoms with Gasteiger partial charge in [0.25, 0.3) is 0 Å². The molecule has 0 bridgehead atoms. The molecule has 1 aliphatic rings. The van der Waals surface area contributed by atoms with E-state index in [1.807, 2.05) is 12.1 Å². The van der Waals surface area contributed by atoms with E-state index in [1.54, 1.807) is 20.4 Å². The van der Waals surface area contributed by atoms with E-state index in [0.717, 1.165) is 37.7 Å². The van der Waals surface area contributed by atoms with E-state index in [9.17, 15) is 0 Å². The average molecular weight is 420 g/mol. The molecule has 0 saturated carbocycles. The SMILES string of the molecule is CN=C(NCc1ccnc(OC)c1)N(C)CC1CCOC1.I. The average Bonchev–Trinajstić information content (AvgIpc) is 3.01. The Morgan fingerprint density at radius 1 is 1.59 bits per heavy atom. The maximum atomic E-state index is 5.42. The molecule has 2 heterocycles. The molecule has 1 aliphatic heterocycles. The molecule has 0 aliphatic carbocycles. The highest BCUT2D eigenvalue weighted by atomic mass is 127. The minimum atomic E-state index is 0. The van der Waals surface area contributed by atoms with Gasteiger partial charge in [0.15, 0.2) is 5.96 Å². The lowest BCUT2D eigenvalue weighted by atomic mass is 10.1. The smallest absolute Gasteiger partial charge is 0.213 e. The fourth-order valence-corrected chi connectivity index (χ4v) is 2.44. The largest absolute Gasteiger partial charge is 0.481 e. The third-order valence-electron chi connectivity index (χ3n) is 3.59. The third-order valence-corrected chi connectivity index (χ3v) is 3.59. The second-order valence-electron chi connectivity index (χ2n) is 5.22. The standard InChI is InChI=1S/C15H24N4O2.HI/c1-16-15(19(2)10-13-5-7-21-11-13)18-9-12-4-6-17-14(8-12)20-3;/h4,6,8,13H,5,7,9-11H2,1-3H3,(H,16,18);1H. The van der Waals surface area contributed by atoms with Gasteiger partial charge < -0.3 is 19.7 Å². The van der Waals surface area contributed by atoms with E-state index >= 15 is 0 Å². The van der Waals surface area contributed by atoms with Crippen LogP contribution >= 0.6 is 24.0 Å². The van der Waals surface area contributed by atoms with Crippen molar-refractivity contribution in [1.29, 1.82) is 0 Å². The quantitative estimate of drug-likeness (QED) is 0.447. The predicted octanol–water partition coefficient (Wildman–Crippen LogP) is 1.75. The van der Waals surface area contributed by atoms with E-state index in [2.05, 4.69) is 27.2 Å². The molecule has 0 aromatic carbocycles. The van der Waals surface area contributed by atoms with Crippen LogP contribution in [0.1, 0.15) is 12.0 Å². The Labute approximate surface area is 149 Å². The summed E-state index contributed by atoms with van der Waals surface area (Å²) >= 11 is 0. The first kappa shape index (κ1) is 19.0. The monoisotopic (exact) mass is 420 g/mol. The molecule has 22 heavy (non-hydrogen) atoms. The van der Waals surface area contributed by atoms with Crippen molar-refractivity contribution in [3.8, 4) is 5.88 Å². The van der Waals surface area contributed by atoms with Gasteiger partial charge in [-0.05, 0) is 18.1 Å². The fourth-order valence-electron chi connectivity index (χ4n) is 2.44. The van der Waals surface area contributed by atoms with Gasteiger partial charge in [0.05, 0.1) is 13.7 Å². The van der Waals surface area contributed by atoms with Crippen LogP contribution in [-0.4, -0.2) is 56.8 Å². The van der Waals surface area contributed by atoms with Gasteiger partial charge >= 0.3 is 0 Å². The number of nitrogens with zero attached hydrogens (tertiary/aromatic N) is 3. The number of guanidine groups is 1. The van der Waals surface area contributed by atoms with Crippen LogP contribution in [0, 0.1) is 5.92 Å². The summed E-state index contributed by atoms with van der Waals surface area (Å²) in [5.74, 6) is 2.10. The number of hydrogen-bond acceptors (Lipinski definition) is 4. The van der Waals surface area contributed by atoms with Crippen molar-refractivity contribution < 1.29 is 9.47 Å². The zero-order valence-corrected chi connectivity index (χ0v) is 15.7. The first-order chi connectivity index (χ1) is 10.2. The summed E-state index contributed by atoms with van der Waals surface area (Å²) in [4.78, 5) is 10.6. The van der Waals surface area contributed by atoms with E-state index in [0.29, 0.717) is 18.3 Å². The van der Waals surface area contributed by atoms with Crippen LogP contribution in [0.3, 0.4) is 0 Å². The number of nitrogens with one attached hydrogen (secondary N) is 1. The molecule has 0 amide bonds. The summed E-state index contributed by atoms with van der Waals surface area (Å²) in [6.07, 6.45) is 2.88. The molecule has 0 radical (unpaired) electrons. The van der Waals surface area contributed by atoms with Crippen molar-refractivity contribution in [2.45, 2.75) is 13.0 Å². The van der Waals surface area contributed by atoms with Crippen LogP contribution in [0.4, 0.5) is 0 Å². The molecule has 124 valence electrons. The summed E-state index contributed by atoms with van der Waals surface area (Å²) in [5, 5.41) is 3.36. The Morgan fingerprint density at radius 2 is 2.41 bits per heavy atom. The van der Waals surface area contributed by atoms with Crippen molar-refractivity contribution in [2.24, 2.45) is 10.9 Å². The van der Waals surface area contributed by atoms with Gasteiger partial charge in [-0.25, -0.2) is 4.98 Å². The summed E-state index contributed by atoms with van der Waals surface area (Å²) in [7, 11) is 5.48. The first-order valence-electron chi connectivity index (χ1n) is 7.21. The Bertz CT molecular complexity index is 478. The van der Waals surface area contributed by atoms with Gasteiger partial charge in [-0.3, -0.25) is 4.99 Å². The zero-order chi connectivity index (χ0) is 15.1. The molecular formula is C15H25IN4O2. The topological polar surface area (TPSA) is 59.0 Å². The number of aromatic nitrogens is 1. The molecule has 1 N–H and O–H groups in total. The van der Waals surface area contributed by atoms with Crippen molar-refractivity contribution >= 4 is 29.9 Å². The lowest BCUT2D eigenvalue weighted by Gasteiger charge is -2.24. The van der Waals surface area contributed by atoms with Gasteiger partial charge in [0, 0.05) is 52.0 Å². The second kappa shape index (κ2) is 9.83. The van der Waals surface area contributed by atoms with Crippen LogP contribution in [0.5, 0.6) is 5.88 Å². The van der Waals surface area contributed by atoms with Crippen LogP contribution < -0.4 is 10.1 Å². The molecule has 2 rings (SSSR count). The molecule has 1 aromatic heterocycles. The highest BCUT2D eigenvalue weighted by Gasteiger charge is 2.18. The molecule has 1 aromatic rings. The number of methoxy groups -OCH3 is 1. The summed E-state index contributed by atoms with van der Waals surface area (Å²) in [6, 6.07) is 3.89. The van der Waals surface area contributed by atoms with Crippen molar-refractivity contribution in [1.82, 2.24) is 15.2 Å². The van der Waals surface area contributed by atoms with Gasteiger partial charge in [-0.2, -0.15) is 0 Å². The van der Waals surface area contributed by atoms with Crippen LogP contribution in [0.2, 0.25) is 0 Å². The molecule has 1 fully saturated rings. The second-order valence-corrected chi connectivity index (χ2v) is 5.22. The number of pyridine rings is 1. The molecule has 1 atom stereocenters. The third kappa shape index (κ3) is 5.60. The zero-order valence-electron chi connectivity index (χ0n) is 13.4. The lowest BCUT2D eigenvalue weighted by molar-refractivity contribution is 0.181. The summed E-state index contributed by atoms with van der Waals surface area (Å²) < 4.78 is 10.5. The normalized spacial score (nSPS) is 17.8. The highest BCUT2D eigenvalue weighted by Crippen LogP contribution is 2.13. The van der Waals surface area contributed by atoms with Crippen molar-refractivity contribution in [3.63, 3.8) is 0 Å². The predicted molar refractivity (Wildman–Crippen MR) is 98.0 cm³/mol. The molecule has 1 saturated heterocycles. The number of halogens is 1. The molecule has 0 spiro atoms. The number of ether oxygens (including phenoxy) is 2. The highest BCUT2D eigenvalue weighted by molar-refractivity contribution is 14.0. The molecule has 7 heteroatoms. The Hall–Kier alpha value is -1.09. The molecule has 1 unspecified atom stereocenters. The van der Waals surface area contributed by atoms with Crippen molar-refractivity contribution in [2.75, 3.05) is 41.0 Å². The lowest BCUT2D eigenvalue weighted by Crippen LogP contribution is -2.41. The van der Waals surface area contributed by atoms with E-state index in [4.69, 9.17) is 9.47 Å². The van der Waals surface area contributed by atoms with Gasteiger partial charge in [-0.1, -0.05) is 0 Å². The van der Waals surface area contributed by atoms with E-state index < -0.39 is 0 Å². The van der Waals surface area contributed by atoms with Gasteiger partial charge in [-0.15, -0.1) is 24.0 Å². The fraction of sp³-hybridized carbons (Fsp3) is 0.600. The first-order valence-corrected chi connectivity index (χ1v) is 7.21. The van der Waals surface area contributed by atoms with Gasteiger partial charge in [0.1, 0.15) is 0 Å². The number of aliphatic imine (C=N–C) groups is 1. The van der Waals surface area contributed by atoms with Crippen molar-refractivity contribution in [3.05, 3.63) is 23.9 Å². The summed E-state index contributed by atoms with van der Waals surface area (Å²) in [6.45, 7) is 3.38. The van der Waals surface area contributed by atoms with Gasteiger partial charge in [0.2, 0.25) is 5.88 Å². The summed E-state index contributed by atoms with van der Waals surface area (Å²) in [5.41, 5.74) is 1.11. The van der Waals surface area contributed by atoms with E-state index in [1.165, 1.54) is 0 Å². The van der Waals surface area contributed by atoms with Crippen LogP contribution in [-0.2, 0) is 11.3 Å². The Kier molecular flexibility index (Phi) is 8.47. The maximum Gasteiger partial charge on any atom is 0.213 e. The Balaban J connectivity index is 0.00000242.